The summed E-state index contributed by atoms with van der Waals surface area (Å²) in [5.41, 5.74) is 1.11. The van der Waals surface area contributed by atoms with Crippen LogP contribution in [0, 0.1) is 13.8 Å². The monoisotopic (exact) mass is 394 g/mol. The number of carbonyl (C=O) groups is 1. The maximum atomic E-state index is 13.7. The van der Waals surface area contributed by atoms with Gasteiger partial charge >= 0.3 is 12.2 Å². The van der Waals surface area contributed by atoms with Gasteiger partial charge in [-0.3, -0.25) is 5.32 Å². The molecule has 3 rings (SSSR count). The lowest BCUT2D eigenvalue weighted by atomic mass is 10.0. The van der Waals surface area contributed by atoms with Gasteiger partial charge < -0.3 is 5.32 Å². The van der Waals surface area contributed by atoms with Crippen LogP contribution < -0.4 is 10.6 Å². The van der Waals surface area contributed by atoms with Gasteiger partial charge in [-0.15, -0.1) is 11.3 Å². The molecule has 2 amide bonds. The first-order chi connectivity index (χ1) is 12.8. The minimum absolute atomic E-state index is 0.0623. The zero-order valence-corrected chi connectivity index (χ0v) is 15.4. The predicted octanol–water partition coefficient (Wildman–Crippen LogP) is 4.98. The number of amides is 2. The van der Waals surface area contributed by atoms with E-state index in [2.05, 4.69) is 10.4 Å². The SMILES string of the molecule is Cc1nn(-c2ccccc2)c(C)c1[C@H](NC(=O)Nc1cccs1)C(F)(F)F. The lowest BCUT2D eigenvalue weighted by Gasteiger charge is -2.22. The number of carbonyl (C=O) groups excluding carboxylic acids is 1. The highest BCUT2D eigenvalue weighted by atomic mass is 32.1. The topological polar surface area (TPSA) is 59.0 Å². The number of alkyl halides is 3. The molecule has 0 fully saturated rings. The number of hydrogen-bond acceptors (Lipinski definition) is 3. The number of hydrogen-bond donors (Lipinski definition) is 2. The third-order valence-corrected chi connectivity index (χ3v) is 4.78. The molecule has 142 valence electrons. The van der Waals surface area contributed by atoms with E-state index < -0.39 is 18.2 Å². The highest BCUT2D eigenvalue weighted by Crippen LogP contribution is 2.36. The van der Waals surface area contributed by atoms with Gasteiger partial charge in [-0.05, 0) is 43.5 Å². The number of halogens is 3. The van der Waals surface area contributed by atoms with Gasteiger partial charge in [0, 0.05) is 11.3 Å². The Bertz CT molecular complexity index is 920. The molecule has 0 bridgehead atoms. The molecule has 0 saturated carbocycles. The Morgan fingerprint density at radius 3 is 2.44 bits per heavy atom. The maximum Gasteiger partial charge on any atom is 0.413 e. The highest BCUT2D eigenvalue weighted by Gasteiger charge is 2.44. The molecule has 0 spiro atoms. The van der Waals surface area contributed by atoms with Crippen molar-refractivity contribution in [2.75, 3.05) is 5.32 Å². The quantitative estimate of drug-likeness (QED) is 0.656. The van der Waals surface area contributed by atoms with Gasteiger partial charge in [-0.1, -0.05) is 18.2 Å². The van der Waals surface area contributed by atoms with Gasteiger partial charge in [-0.25, -0.2) is 9.48 Å². The van der Waals surface area contributed by atoms with Crippen molar-refractivity contribution in [3.8, 4) is 5.69 Å². The molecule has 3 aromatic rings. The number of aryl methyl sites for hydroxylation is 1. The molecule has 2 heterocycles. The van der Waals surface area contributed by atoms with Gasteiger partial charge in [0.15, 0.2) is 6.04 Å². The number of anilines is 1. The minimum Gasteiger partial charge on any atom is -0.322 e. The van der Waals surface area contributed by atoms with Crippen molar-refractivity contribution >= 4 is 22.4 Å². The van der Waals surface area contributed by atoms with Crippen molar-refractivity contribution < 1.29 is 18.0 Å². The van der Waals surface area contributed by atoms with E-state index in [1.54, 1.807) is 48.7 Å². The Hall–Kier alpha value is -2.81. The molecule has 27 heavy (non-hydrogen) atoms. The fourth-order valence-electron chi connectivity index (χ4n) is 2.84. The molecule has 0 radical (unpaired) electrons. The van der Waals surface area contributed by atoms with E-state index in [-0.39, 0.29) is 11.3 Å². The number of para-hydroxylation sites is 1. The Morgan fingerprint density at radius 1 is 1.15 bits per heavy atom. The number of nitrogens with zero attached hydrogens (tertiary/aromatic N) is 2. The summed E-state index contributed by atoms with van der Waals surface area (Å²) in [4.78, 5) is 12.1. The van der Waals surface area contributed by atoms with Crippen molar-refractivity contribution in [2.24, 2.45) is 0 Å². The molecule has 0 aliphatic rings. The number of urea groups is 1. The number of aromatic nitrogens is 2. The molecule has 1 aromatic carbocycles. The van der Waals surface area contributed by atoms with Crippen LogP contribution in [-0.4, -0.2) is 22.0 Å². The van der Waals surface area contributed by atoms with Crippen LogP contribution in [0.1, 0.15) is 23.0 Å². The maximum absolute atomic E-state index is 13.7. The first-order valence-electron chi connectivity index (χ1n) is 8.06. The summed E-state index contributed by atoms with van der Waals surface area (Å²) < 4.78 is 42.7. The zero-order valence-electron chi connectivity index (χ0n) is 14.5. The molecule has 1 atom stereocenters. The number of thiophene rings is 1. The van der Waals surface area contributed by atoms with E-state index in [0.29, 0.717) is 16.4 Å². The lowest BCUT2D eigenvalue weighted by Crippen LogP contribution is -2.40. The second kappa shape index (κ2) is 7.43. The van der Waals surface area contributed by atoms with Crippen LogP contribution in [-0.2, 0) is 0 Å². The molecule has 2 N–H and O–H groups in total. The molecule has 9 heteroatoms. The van der Waals surface area contributed by atoms with Crippen molar-refractivity contribution in [3.05, 3.63) is 64.8 Å². The van der Waals surface area contributed by atoms with Gasteiger partial charge in [0.05, 0.1) is 16.4 Å². The van der Waals surface area contributed by atoms with Crippen LogP contribution in [0.3, 0.4) is 0 Å². The Labute approximate surface area is 157 Å². The van der Waals surface area contributed by atoms with Crippen molar-refractivity contribution in [3.63, 3.8) is 0 Å². The second-order valence-electron chi connectivity index (χ2n) is 5.88. The molecule has 0 aliphatic heterocycles. The van der Waals surface area contributed by atoms with Crippen LogP contribution in [0.5, 0.6) is 0 Å². The Morgan fingerprint density at radius 2 is 1.85 bits per heavy atom. The first kappa shape index (κ1) is 19.0. The molecule has 2 aromatic heterocycles. The Kier molecular flexibility index (Phi) is 5.22. The third kappa shape index (κ3) is 4.13. The summed E-state index contributed by atoms with van der Waals surface area (Å²) in [6.45, 7) is 3.05. The largest absolute Gasteiger partial charge is 0.413 e. The van der Waals surface area contributed by atoms with E-state index in [0.717, 1.165) is 0 Å². The van der Waals surface area contributed by atoms with Gasteiger partial charge in [0.2, 0.25) is 0 Å². The van der Waals surface area contributed by atoms with E-state index in [9.17, 15) is 18.0 Å². The van der Waals surface area contributed by atoms with Crippen molar-refractivity contribution in [1.82, 2.24) is 15.1 Å². The molecule has 0 saturated heterocycles. The number of benzene rings is 1. The summed E-state index contributed by atoms with van der Waals surface area (Å²) in [5, 5.41) is 10.9. The van der Waals surface area contributed by atoms with E-state index in [1.807, 2.05) is 11.4 Å². The summed E-state index contributed by atoms with van der Waals surface area (Å²) in [6, 6.07) is 9.08. The first-order valence-corrected chi connectivity index (χ1v) is 8.94. The van der Waals surface area contributed by atoms with E-state index in [4.69, 9.17) is 0 Å². The molecular weight excluding hydrogens is 377 g/mol. The average molecular weight is 394 g/mol. The number of nitrogens with one attached hydrogen (secondary N) is 2. The molecule has 5 nitrogen and oxygen atoms in total. The third-order valence-electron chi connectivity index (χ3n) is 4.00. The predicted molar refractivity (Wildman–Crippen MR) is 98.3 cm³/mol. The molecule has 0 unspecified atom stereocenters. The van der Waals surface area contributed by atoms with Gasteiger partial charge in [0.25, 0.3) is 0 Å². The van der Waals surface area contributed by atoms with Gasteiger partial charge in [-0.2, -0.15) is 18.3 Å². The van der Waals surface area contributed by atoms with Crippen LogP contribution in [0.15, 0.2) is 47.8 Å². The van der Waals surface area contributed by atoms with Crippen LogP contribution in [0.2, 0.25) is 0 Å². The van der Waals surface area contributed by atoms with E-state index >= 15 is 0 Å². The summed E-state index contributed by atoms with van der Waals surface area (Å²) in [7, 11) is 0. The highest BCUT2D eigenvalue weighted by molar-refractivity contribution is 7.14. The van der Waals surface area contributed by atoms with Crippen molar-refractivity contribution in [2.45, 2.75) is 26.1 Å². The van der Waals surface area contributed by atoms with Crippen molar-refractivity contribution in [1.29, 1.82) is 0 Å². The summed E-state index contributed by atoms with van der Waals surface area (Å²) >= 11 is 1.22. The van der Waals surface area contributed by atoms with E-state index in [1.165, 1.54) is 22.9 Å². The molecule has 0 aliphatic carbocycles. The fourth-order valence-corrected chi connectivity index (χ4v) is 3.45. The van der Waals surface area contributed by atoms with Crippen LogP contribution in [0.4, 0.5) is 23.0 Å². The smallest absolute Gasteiger partial charge is 0.322 e. The standard InChI is InChI=1S/C18H17F3N4OS/c1-11-15(12(2)25(24-11)13-7-4-3-5-8-13)16(18(19,20)21)23-17(26)22-14-9-6-10-27-14/h3-10,16H,1-2H3,(H2,22,23,26)/t16-/m0/s1. The fraction of sp³-hybridized carbons (Fsp3) is 0.222. The molecular formula is C18H17F3N4OS. The second-order valence-corrected chi connectivity index (χ2v) is 6.83. The van der Waals surface area contributed by atoms with Gasteiger partial charge in [0.1, 0.15) is 0 Å². The zero-order chi connectivity index (χ0) is 19.6. The van der Waals surface area contributed by atoms with Crippen LogP contribution >= 0.6 is 11.3 Å². The lowest BCUT2D eigenvalue weighted by molar-refractivity contribution is -0.155. The summed E-state index contributed by atoms with van der Waals surface area (Å²) in [5.74, 6) is 0. The number of rotatable bonds is 4. The van der Waals surface area contributed by atoms with Crippen LogP contribution in [0.25, 0.3) is 5.69 Å². The minimum atomic E-state index is -4.67. The average Bonchev–Trinajstić information content (AvgIpc) is 3.21. The normalized spacial score (nSPS) is 12.6. The Balaban J connectivity index is 1.94. The summed E-state index contributed by atoms with van der Waals surface area (Å²) in [6.07, 6.45) is -4.67.